The third kappa shape index (κ3) is 5.43. The van der Waals surface area contributed by atoms with Gasteiger partial charge in [-0.15, -0.1) is 0 Å². The van der Waals surface area contributed by atoms with E-state index in [-0.39, 0.29) is 13.4 Å². The quantitative estimate of drug-likeness (QED) is 0.122. The molecule has 0 aromatic heterocycles. The fraction of sp³-hybridized carbons (Fsp3) is 0.366. The maximum absolute atomic E-state index is 10.1. The summed E-state index contributed by atoms with van der Waals surface area (Å²) in [6.45, 7) is 1.06. The summed E-state index contributed by atoms with van der Waals surface area (Å²) in [6.07, 6.45) is 11.8. The molecule has 0 saturated heterocycles. The van der Waals surface area contributed by atoms with Crippen LogP contribution in [0.1, 0.15) is 74.9 Å². The first kappa shape index (κ1) is 28.4. The molecule has 45 heavy (non-hydrogen) atoms. The summed E-state index contributed by atoms with van der Waals surface area (Å²) in [6, 6.07) is 17.7. The van der Waals surface area contributed by atoms with Crippen molar-refractivity contribution in [3.63, 3.8) is 0 Å². The molecule has 0 saturated carbocycles. The summed E-state index contributed by atoms with van der Waals surface area (Å²) in [7, 11) is 0. The average Bonchev–Trinajstić information content (AvgIpc) is 3.05. The summed E-state index contributed by atoms with van der Waals surface area (Å²) in [5.74, 6) is 8.01. The van der Waals surface area contributed by atoms with Crippen molar-refractivity contribution in [1.29, 1.82) is 0 Å². The summed E-state index contributed by atoms with van der Waals surface area (Å²) >= 11 is 0. The van der Waals surface area contributed by atoms with Gasteiger partial charge in [0, 0.05) is 18.6 Å². The number of benzene rings is 4. The third-order valence-corrected chi connectivity index (χ3v) is 10.2. The molecular weight excluding hydrogens is 556 g/mol. The van der Waals surface area contributed by atoms with Gasteiger partial charge in [0.05, 0.1) is 6.61 Å². The lowest BCUT2D eigenvalue weighted by atomic mass is 9.74. The SMILES string of the molecule is OCCCCc1cc2c3c(c1)CCc1cc(OCOCCC#Cc4cc5c6c(c4)CCc4cc(O)cc(c4-6)CC5)cc(c1-3)CC2. The van der Waals surface area contributed by atoms with Crippen molar-refractivity contribution in [2.75, 3.05) is 20.0 Å². The van der Waals surface area contributed by atoms with Crippen LogP contribution in [0.15, 0.2) is 48.5 Å². The number of rotatable bonds is 9. The van der Waals surface area contributed by atoms with Crippen molar-refractivity contribution >= 4 is 0 Å². The molecule has 0 aliphatic heterocycles. The van der Waals surface area contributed by atoms with Gasteiger partial charge in [0.25, 0.3) is 0 Å². The van der Waals surface area contributed by atoms with E-state index in [0.717, 1.165) is 81.9 Å². The highest BCUT2D eigenvalue weighted by molar-refractivity contribution is 5.83. The Morgan fingerprint density at radius 1 is 0.600 bits per heavy atom. The molecule has 4 heteroatoms. The van der Waals surface area contributed by atoms with Crippen LogP contribution < -0.4 is 4.74 Å². The molecule has 0 heterocycles. The van der Waals surface area contributed by atoms with Gasteiger partial charge in [0.1, 0.15) is 11.5 Å². The summed E-state index contributed by atoms with van der Waals surface area (Å²) < 4.78 is 11.9. The topological polar surface area (TPSA) is 58.9 Å². The molecule has 0 unspecified atom stereocenters. The Morgan fingerprint density at radius 3 is 1.62 bits per heavy atom. The van der Waals surface area contributed by atoms with E-state index in [4.69, 9.17) is 14.6 Å². The zero-order chi connectivity index (χ0) is 30.3. The monoisotopic (exact) mass is 596 g/mol. The summed E-state index contributed by atoms with van der Waals surface area (Å²) in [5, 5.41) is 19.3. The number of hydrogen-bond acceptors (Lipinski definition) is 4. The predicted molar refractivity (Wildman–Crippen MR) is 178 cm³/mol. The molecule has 4 aliphatic rings. The van der Waals surface area contributed by atoms with Gasteiger partial charge in [-0.05, 0) is 179 Å². The second-order valence-corrected chi connectivity index (χ2v) is 13.1. The Labute approximate surface area is 266 Å². The predicted octanol–water partition coefficient (Wildman–Crippen LogP) is 7.23. The van der Waals surface area contributed by atoms with Crippen LogP contribution in [-0.2, 0) is 62.5 Å². The highest BCUT2D eigenvalue weighted by Gasteiger charge is 2.28. The largest absolute Gasteiger partial charge is 0.508 e. The van der Waals surface area contributed by atoms with Gasteiger partial charge in [-0.1, -0.05) is 24.0 Å². The zero-order valence-electron chi connectivity index (χ0n) is 25.9. The van der Waals surface area contributed by atoms with Crippen molar-refractivity contribution in [1.82, 2.24) is 0 Å². The van der Waals surface area contributed by atoms with E-state index in [0.29, 0.717) is 18.8 Å². The molecule has 4 aromatic carbocycles. The van der Waals surface area contributed by atoms with E-state index in [2.05, 4.69) is 48.2 Å². The maximum Gasteiger partial charge on any atom is 0.189 e. The second kappa shape index (κ2) is 12.0. The zero-order valence-corrected chi connectivity index (χ0v) is 25.9. The number of phenols is 1. The number of phenolic OH excluding ortho intramolecular Hbond substituents is 1. The molecule has 0 spiro atoms. The Morgan fingerprint density at radius 2 is 1.09 bits per heavy atom. The van der Waals surface area contributed by atoms with Gasteiger partial charge >= 0.3 is 0 Å². The van der Waals surface area contributed by atoms with Gasteiger partial charge in [-0.2, -0.15) is 0 Å². The number of ether oxygens (including phenoxy) is 2. The van der Waals surface area contributed by atoms with Gasteiger partial charge in [0.2, 0.25) is 0 Å². The van der Waals surface area contributed by atoms with Gasteiger partial charge < -0.3 is 19.7 Å². The number of unbranched alkanes of at least 4 members (excludes halogenated alkanes) is 1. The molecule has 4 nitrogen and oxygen atoms in total. The number of hydrogen-bond donors (Lipinski definition) is 2. The van der Waals surface area contributed by atoms with Crippen LogP contribution in [0.3, 0.4) is 0 Å². The van der Waals surface area contributed by atoms with E-state index in [1.54, 1.807) is 0 Å². The van der Waals surface area contributed by atoms with Crippen molar-refractivity contribution in [2.24, 2.45) is 0 Å². The average molecular weight is 597 g/mol. The summed E-state index contributed by atoms with van der Waals surface area (Å²) in [5.41, 5.74) is 19.3. The van der Waals surface area contributed by atoms with Crippen LogP contribution in [0.5, 0.6) is 11.5 Å². The molecule has 8 rings (SSSR count). The first-order valence-corrected chi connectivity index (χ1v) is 16.8. The lowest BCUT2D eigenvalue weighted by molar-refractivity contribution is 0.0182. The number of aromatic hydroxyl groups is 1. The van der Waals surface area contributed by atoms with Gasteiger partial charge in [0.15, 0.2) is 6.79 Å². The van der Waals surface area contributed by atoms with Crippen molar-refractivity contribution in [3.05, 3.63) is 104 Å². The van der Waals surface area contributed by atoms with E-state index >= 15 is 0 Å². The maximum atomic E-state index is 10.1. The van der Waals surface area contributed by atoms with Gasteiger partial charge in [-0.3, -0.25) is 0 Å². The fourth-order valence-corrected chi connectivity index (χ4v) is 8.23. The van der Waals surface area contributed by atoms with Crippen LogP contribution in [0.2, 0.25) is 0 Å². The first-order valence-electron chi connectivity index (χ1n) is 16.8. The molecular formula is C41H40O4. The molecule has 0 radical (unpaired) electrons. The van der Waals surface area contributed by atoms with Crippen LogP contribution in [0, 0.1) is 11.8 Å². The number of aliphatic hydroxyl groups excluding tert-OH is 1. The number of aryl methyl sites for hydroxylation is 9. The highest BCUT2D eigenvalue weighted by atomic mass is 16.7. The molecule has 4 aliphatic carbocycles. The standard InChI is InChI=1S/C41H40O4/c42-15-3-1-5-26-17-30-9-13-34-23-37(24-35-14-10-31(18-26)39(30)41(34)35)45-25-44-16-4-2-6-27-19-28-7-11-32-21-36(43)22-33-12-8-29(20-27)38(28)40(32)33/h17-24,42-43H,1,3-5,7-16,25H2. The van der Waals surface area contributed by atoms with Crippen LogP contribution >= 0.6 is 0 Å². The lowest BCUT2D eigenvalue weighted by Crippen LogP contribution is -2.15. The van der Waals surface area contributed by atoms with E-state index in [9.17, 15) is 5.11 Å². The second-order valence-electron chi connectivity index (χ2n) is 13.1. The minimum Gasteiger partial charge on any atom is -0.508 e. The van der Waals surface area contributed by atoms with E-state index < -0.39 is 0 Å². The Hall–Kier alpha value is -4.04. The van der Waals surface area contributed by atoms with E-state index in [1.165, 1.54) is 72.3 Å². The van der Waals surface area contributed by atoms with Crippen LogP contribution in [0.4, 0.5) is 0 Å². The van der Waals surface area contributed by atoms with Crippen LogP contribution in [0.25, 0.3) is 22.3 Å². The fourth-order valence-electron chi connectivity index (χ4n) is 8.23. The molecule has 0 fully saturated rings. The number of aliphatic hydroxyl groups is 1. The van der Waals surface area contributed by atoms with Crippen molar-refractivity contribution in [2.45, 2.75) is 77.0 Å². The molecule has 228 valence electrons. The van der Waals surface area contributed by atoms with Crippen LogP contribution in [-0.4, -0.2) is 30.2 Å². The van der Waals surface area contributed by atoms with E-state index in [1.807, 2.05) is 12.1 Å². The molecule has 4 aromatic rings. The van der Waals surface area contributed by atoms with Crippen molar-refractivity contribution < 1.29 is 19.7 Å². The lowest BCUT2D eigenvalue weighted by Gasteiger charge is -2.30. The smallest absolute Gasteiger partial charge is 0.189 e. The molecule has 2 N–H and O–H groups in total. The Kier molecular flexibility index (Phi) is 7.61. The van der Waals surface area contributed by atoms with Gasteiger partial charge in [-0.25, -0.2) is 0 Å². The molecule has 0 amide bonds. The Bertz CT molecular complexity index is 1770. The summed E-state index contributed by atoms with van der Waals surface area (Å²) in [4.78, 5) is 0. The normalized spacial score (nSPS) is 14.7. The minimum absolute atomic E-state index is 0.235. The molecule has 0 atom stereocenters. The third-order valence-electron chi connectivity index (χ3n) is 10.2. The van der Waals surface area contributed by atoms with Crippen molar-refractivity contribution in [3.8, 4) is 45.6 Å². The molecule has 0 bridgehead atoms. The highest BCUT2D eigenvalue weighted by Crippen LogP contribution is 2.46. The Balaban J connectivity index is 0.880. The minimum atomic E-state index is 0.235. The first-order chi connectivity index (χ1) is 22.1.